The molecule has 0 saturated heterocycles. The standard InChI is InChI=1S/C11H18N4OS/c1-3-6-13-11-14-7-5-10(15-11)17-8-9(16)12-4-2/h5,7H,3-4,6,8H2,1-2H3,(H,12,16)(H,13,14,15). The van der Waals surface area contributed by atoms with Gasteiger partial charge >= 0.3 is 0 Å². The van der Waals surface area contributed by atoms with Crippen LogP contribution >= 0.6 is 11.8 Å². The molecule has 0 aliphatic carbocycles. The predicted octanol–water partition coefficient (Wildman–Crippen LogP) is 1.53. The minimum atomic E-state index is 0.0270. The molecule has 5 nitrogen and oxygen atoms in total. The molecule has 1 aromatic rings. The van der Waals surface area contributed by atoms with Gasteiger partial charge in [0, 0.05) is 19.3 Å². The summed E-state index contributed by atoms with van der Waals surface area (Å²) in [6.07, 6.45) is 2.73. The van der Waals surface area contributed by atoms with Crippen molar-refractivity contribution in [3.8, 4) is 0 Å². The fraction of sp³-hybridized carbons (Fsp3) is 0.545. The topological polar surface area (TPSA) is 66.9 Å². The Kier molecular flexibility index (Phi) is 6.39. The molecule has 0 atom stereocenters. The van der Waals surface area contributed by atoms with Crippen LogP contribution in [0.2, 0.25) is 0 Å². The maximum Gasteiger partial charge on any atom is 0.230 e. The predicted molar refractivity (Wildman–Crippen MR) is 70.2 cm³/mol. The first-order valence-corrected chi connectivity index (χ1v) is 6.71. The lowest BCUT2D eigenvalue weighted by Gasteiger charge is -2.05. The molecule has 0 bridgehead atoms. The Labute approximate surface area is 106 Å². The molecule has 2 N–H and O–H groups in total. The number of nitrogens with one attached hydrogen (secondary N) is 2. The Bertz CT molecular complexity index is 359. The fourth-order valence-corrected chi connectivity index (χ4v) is 1.82. The number of carbonyl (C=O) groups excluding carboxylic acids is 1. The molecule has 1 rings (SSSR count). The molecule has 1 aromatic heterocycles. The quantitative estimate of drug-likeness (QED) is 0.570. The number of hydrogen-bond donors (Lipinski definition) is 2. The van der Waals surface area contributed by atoms with E-state index < -0.39 is 0 Å². The SMILES string of the molecule is CCCNc1nccc(SCC(=O)NCC)n1. The van der Waals surface area contributed by atoms with Gasteiger partial charge in [-0.15, -0.1) is 0 Å². The second-order valence-corrected chi connectivity index (χ2v) is 4.38. The fourth-order valence-electron chi connectivity index (χ4n) is 1.13. The van der Waals surface area contributed by atoms with Crippen molar-refractivity contribution in [2.45, 2.75) is 25.3 Å². The van der Waals surface area contributed by atoms with Crippen LogP contribution in [0.4, 0.5) is 5.95 Å². The summed E-state index contributed by atoms with van der Waals surface area (Å²) < 4.78 is 0. The molecule has 6 heteroatoms. The van der Waals surface area contributed by atoms with Crippen LogP contribution in [0, 0.1) is 0 Å². The van der Waals surface area contributed by atoms with Crippen LogP contribution in [-0.4, -0.2) is 34.7 Å². The number of hydrogen-bond acceptors (Lipinski definition) is 5. The summed E-state index contributed by atoms with van der Waals surface area (Å²) in [5.74, 6) is 1.03. The van der Waals surface area contributed by atoms with Crippen LogP contribution in [-0.2, 0) is 4.79 Å². The molecule has 1 heterocycles. The van der Waals surface area contributed by atoms with Crippen LogP contribution in [0.1, 0.15) is 20.3 Å². The van der Waals surface area contributed by atoms with Crippen molar-refractivity contribution >= 4 is 23.6 Å². The van der Waals surface area contributed by atoms with Crippen molar-refractivity contribution in [1.29, 1.82) is 0 Å². The molecule has 1 amide bonds. The molecule has 0 unspecified atom stereocenters. The third-order valence-corrected chi connectivity index (χ3v) is 2.82. The van der Waals surface area contributed by atoms with Crippen LogP contribution in [0.5, 0.6) is 0 Å². The van der Waals surface area contributed by atoms with Gasteiger partial charge in [-0.05, 0) is 19.4 Å². The number of aromatic nitrogens is 2. The van der Waals surface area contributed by atoms with Crippen molar-refractivity contribution in [3.63, 3.8) is 0 Å². The summed E-state index contributed by atoms with van der Waals surface area (Å²) in [5, 5.41) is 6.67. The summed E-state index contributed by atoms with van der Waals surface area (Å²) in [6, 6.07) is 1.81. The first-order valence-electron chi connectivity index (χ1n) is 5.72. The van der Waals surface area contributed by atoms with E-state index in [1.54, 1.807) is 12.3 Å². The highest BCUT2D eigenvalue weighted by molar-refractivity contribution is 7.99. The maximum absolute atomic E-state index is 11.3. The van der Waals surface area contributed by atoms with E-state index in [0.717, 1.165) is 18.0 Å². The van der Waals surface area contributed by atoms with Gasteiger partial charge in [0.1, 0.15) is 5.03 Å². The third-order valence-electron chi connectivity index (χ3n) is 1.89. The van der Waals surface area contributed by atoms with E-state index in [4.69, 9.17) is 0 Å². The monoisotopic (exact) mass is 254 g/mol. The molecule has 0 saturated carbocycles. The lowest BCUT2D eigenvalue weighted by atomic mass is 10.5. The van der Waals surface area contributed by atoms with Gasteiger partial charge in [-0.1, -0.05) is 18.7 Å². The normalized spacial score (nSPS) is 10.0. The summed E-state index contributed by atoms with van der Waals surface area (Å²) >= 11 is 1.41. The first-order chi connectivity index (χ1) is 8.26. The van der Waals surface area contributed by atoms with Crippen LogP contribution in [0.3, 0.4) is 0 Å². The molecule has 94 valence electrons. The first kappa shape index (κ1) is 13.8. The highest BCUT2D eigenvalue weighted by Gasteiger charge is 2.03. The Hall–Kier alpha value is -1.30. The highest BCUT2D eigenvalue weighted by Crippen LogP contribution is 2.15. The van der Waals surface area contributed by atoms with Gasteiger partial charge in [0.15, 0.2) is 0 Å². The average molecular weight is 254 g/mol. The van der Waals surface area contributed by atoms with E-state index in [1.807, 2.05) is 6.92 Å². The largest absolute Gasteiger partial charge is 0.356 e. The van der Waals surface area contributed by atoms with Crippen LogP contribution in [0.15, 0.2) is 17.3 Å². The second kappa shape index (κ2) is 7.89. The van der Waals surface area contributed by atoms with Gasteiger partial charge in [-0.3, -0.25) is 4.79 Å². The number of carbonyl (C=O) groups is 1. The number of nitrogens with zero attached hydrogens (tertiary/aromatic N) is 2. The zero-order chi connectivity index (χ0) is 12.5. The van der Waals surface area contributed by atoms with E-state index in [-0.39, 0.29) is 5.91 Å². The minimum Gasteiger partial charge on any atom is -0.356 e. The number of anilines is 1. The molecule has 0 radical (unpaired) electrons. The van der Waals surface area contributed by atoms with Crippen molar-refractivity contribution in [2.75, 3.05) is 24.2 Å². The Morgan fingerprint density at radius 2 is 2.29 bits per heavy atom. The molecular formula is C11H18N4OS. The average Bonchev–Trinajstić information content (AvgIpc) is 2.35. The summed E-state index contributed by atoms with van der Waals surface area (Å²) in [7, 11) is 0. The lowest BCUT2D eigenvalue weighted by Crippen LogP contribution is -2.24. The Morgan fingerprint density at radius 1 is 1.47 bits per heavy atom. The zero-order valence-electron chi connectivity index (χ0n) is 10.2. The van der Waals surface area contributed by atoms with E-state index in [9.17, 15) is 4.79 Å². The van der Waals surface area contributed by atoms with E-state index in [2.05, 4.69) is 27.5 Å². The molecule has 0 aliphatic rings. The van der Waals surface area contributed by atoms with E-state index in [0.29, 0.717) is 18.2 Å². The Balaban J connectivity index is 2.45. The number of thioether (sulfide) groups is 1. The third kappa shape index (κ3) is 5.53. The number of amides is 1. The lowest BCUT2D eigenvalue weighted by molar-refractivity contribution is -0.118. The van der Waals surface area contributed by atoms with Gasteiger partial charge in [0.25, 0.3) is 0 Å². The van der Waals surface area contributed by atoms with E-state index in [1.165, 1.54) is 11.8 Å². The van der Waals surface area contributed by atoms with Crippen molar-refractivity contribution in [1.82, 2.24) is 15.3 Å². The minimum absolute atomic E-state index is 0.0270. The highest BCUT2D eigenvalue weighted by atomic mass is 32.2. The van der Waals surface area contributed by atoms with Gasteiger partial charge in [-0.25, -0.2) is 9.97 Å². The summed E-state index contributed by atoms with van der Waals surface area (Å²) in [4.78, 5) is 19.7. The maximum atomic E-state index is 11.3. The van der Waals surface area contributed by atoms with Crippen LogP contribution < -0.4 is 10.6 Å². The van der Waals surface area contributed by atoms with Gasteiger partial charge in [-0.2, -0.15) is 0 Å². The molecule has 0 spiro atoms. The Morgan fingerprint density at radius 3 is 3.00 bits per heavy atom. The van der Waals surface area contributed by atoms with Crippen molar-refractivity contribution in [2.24, 2.45) is 0 Å². The molecule has 17 heavy (non-hydrogen) atoms. The van der Waals surface area contributed by atoms with Gasteiger partial charge in [0.05, 0.1) is 5.75 Å². The molecular weight excluding hydrogens is 236 g/mol. The zero-order valence-corrected chi connectivity index (χ0v) is 11.0. The van der Waals surface area contributed by atoms with E-state index >= 15 is 0 Å². The van der Waals surface area contributed by atoms with Crippen LogP contribution in [0.25, 0.3) is 0 Å². The van der Waals surface area contributed by atoms with Crippen molar-refractivity contribution in [3.05, 3.63) is 12.3 Å². The number of rotatable bonds is 7. The molecule has 0 aromatic carbocycles. The summed E-state index contributed by atoms with van der Waals surface area (Å²) in [5.41, 5.74) is 0. The second-order valence-electron chi connectivity index (χ2n) is 3.39. The van der Waals surface area contributed by atoms with Crippen molar-refractivity contribution < 1.29 is 4.79 Å². The van der Waals surface area contributed by atoms with Gasteiger partial charge in [0.2, 0.25) is 11.9 Å². The van der Waals surface area contributed by atoms with Gasteiger partial charge < -0.3 is 10.6 Å². The summed E-state index contributed by atoms with van der Waals surface area (Å²) in [6.45, 7) is 5.50. The molecule has 0 fully saturated rings. The smallest absolute Gasteiger partial charge is 0.230 e. The molecule has 0 aliphatic heterocycles.